The SMILES string of the molecule is Cc1ccn2c(=O)cc(Cn3ccnc3-c3cccc([N+](=O)[O-])c3)nc2c1. The first-order valence-corrected chi connectivity index (χ1v) is 8.26. The normalized spacial score (nSPS) is 11.0. The summed E-state index contributed by atoms with van der Waals surface area (Å²) in [5, 5.41) is 11.0. The van der Waals surface area contributed by atoms with Crippen molar-refractivity contribution in [3.63, 3.8) is 0 Å². The van der Waals surface area contributed by atoms with Crippen molar-refractivity contribution in [3.8, 4) is 11.4 Å². The third kappa shape index (κ3) is 3.20. The van der Waals surface area contributed by atoms with Crippen molar-refractivity contribution in [1.29, 1.82) is 0 Å². The van der Waals surface area contributed by atoms with Crippen LogP contribution >= 0.6 is 0 Å². The molecule has 0 radical (unpaired) electrons. The van der Waals surface area contributed by atoms with Gasteiger partial charge in [-0.25, -0.2) is 9.97 Å². The van der Waals surface area contributed by atoms with E-state index in [1.165, 1.54) is 22.6 Å². The lowest BCUT2D eigenvalue weighted by Gasteiger charge is -2.09. The van der Waals surface area contributed by atoms with Gasteiger partial charge in [-0.2, -0.15) is 0 Å². The number of pyridine rings is 1. The fourth-order valence-electron chi connectivity index (χ4n) is 2.96. The van der Waals surface area contributed by atoms with Gasteiger partial charge in [0.25, 0.3) is 11.2 Å². The summed E-state index contributed by atoms with van der Waals surface area (Å²) < 4.78 is 3.30. The molecule has 3 heterocycles. The number of rotatable bonds is 4. The number of hydrogen-bond acceptors (Lipinski definition) is 5. The maximum atomic E-state index is 12.3. The lowest BCUT2D eigenvalue weighted by atomic mass is 10.2. The van der Waals surface area contributed by atoms with E-state index in [-0.39, 0.29) is 11.2 Å². The second-order valence-electron chi connectivity index (χ2n) is 6.20. The van der Waals surface area contributed by atoms with Crippen molar-refractivity contribution >= 4 is 11.3 Å². The molecule has 3 aromatic heterocycles. The van der Waals surface area contributed by atoms with Gasteiger partial charge in [0.05, 0.1) is 17.2 Å². The second kappa shape index (κ2) is 6.49. The van der Waals surface area contributed by atoms with E-state index in [1.807, 2.05) is 23.6 Å². The summed E-state index contributed by atoms with van der Waals surface area (Å²) in [6.07, 6.45) is 5.08. The number of aromatic nitrogens is 4. The molecule has 1 aromatic carbocycles. The van der Waals surface area contributed by atoms with Gasteiger partial charge in [-0.3, -0.25) is 19.3 Å². The molecule has 0 aliphatic rings. The van der Waals surface area contributed by atoms with Crippen LogP contribution < -0.4 is 5.56 Å². The van der Waals surface area contributed by atoms with Gasteiger partial charge in [0.2, 0.25) is 0 Å². The van der Waals surface area contributed by atoms with Crippen LogP contribution in [-0.4, -0.2) is 23.9 Å². The van der Waals surface area contributed by atoms with Crippen LogP contribution in [0.3, 0.4) is 0 Å². The Morgan fingerprint density at radius 1 is 1.15 bits per heavy atom. The molecule has 4 rings (SSSR count). The first kappa shape index (κ1) is 16.6. The molecule has 8 heteroatoms. The third-order valence-corrected chi connectivity index (χ3v) is 4.24. The fourth-order valence-corrected chi connectivity index (χ4v) is 2.96. The molecule has 0 unspecified atom stereocenters. The Labute approximate surface area is 153 Å². The highest BCUT2D eigenvalue weighted by molar-refractivity contribution is 5.59. The van der Waals surface area contributed by atoms with Gasteiger partial charge in [0.15, 0.2) is 0 Å². The summed E-state index contributed by atoms with van der Waals surface area (Å²) in [7, 11) is 0. The van der Waals surface area contributed by atoms with Crippen LogP contribution in [0.25, 0.3) is 17.0 Å². The standard InChI is InChI=1S/C19H15N5O3/c1-13-5-7-23-17(9-13)21-15(11-18(23)25)12-22-8-6-20-19(22)14-3-2-4-16(10-14)24(26)27/h2-11H,12H2,1H3. The van der Waals surface area contributed by atoms with Crippen molar-refractivity contribution in [2.24, 2.45) is 0 Å². The molecule has 0 amide bonds. The van der Waals surface area contributed by atoms with E-state index in [0.29, 0.717) is 29.3 Å². The molecule has 8 nitrogen and oxygen atoms in total. The molecule has 0 spiro atoms. The maximum Gasteiger partial charge on any atom is 0.270 e. The van der Waals surface area contributed by atoms with Crippen LogP contribution in [0, 0.1) is 17.0 Å². The Kier molecular flexibility index (Phi) is 4.00. The molecule has 0 saturated heterocycles. The number of benzene rings is 1. The molecule has 0 bridgehead atoms. The van der Waals surface area contributed by atoms with Crippen LogP contribution in [0.5, 0.6) is 0 Å². The van der Waals surface area contributed by atoms with Crippen LogP contribution in [0.2, 0.25) is 0 Å². The number of hydrogen-bond donors (Lipinski definition) is 0. The topological polar surface area (TPSA) is 95.3 Å². The zero-order valence-electron chi connectivity index (χ0n) is 14.4. The van der Waals surface area contributed by atoms with Crippen molar-refractivity contribution in [2.45, 2.75) is 13.5 Å². The van der Waals surface area contributed by atoms with Gasteiger partial charge in [-0.15, -0.1) is 0 Å². The number of nitrogens with zero attached hydrogens (tertiary/aromatic N) is 5. The molecule has 0 atom stereocenters. The van der Waals surface area contributed by atoms with Gasteiger partial charge in [0.1, 0.15) is 11.5 Å². The van der Waals surface area contributed by atoms with Crippen LogP contribution in [0.1, 0.15) is 11.3 Å². The fraction of sp³-hybridized carbons (Fsp3) is 0.105. The zero-order chi connectivity index (χ0) is 19.0. The van der Waals surface area contributed by atoms with Crippen LogP contribution in [0.15, 0.2) is 65.8 Å². The second-order valence-corrected chi connectivity index (χ2v) is 6.20. The van der Waals surface area contributed by atoms with Gasteiger partial charge in [-0.1, -0.05) is 12.1 Å². The zero-order valence-corrected chi connectivity index (χ0v) is 14.4. The summed E-state index contributed by atoms with van der Waals surface area (Å²) in [6, 6.07) is 11.5. The smallest absolute Gasteiger partial charge is 0.270 e. The van der Waals surface area contributed by atoms with Crippen LogP contribution in [0.4, 0.5) is 5.69 Å². The molecular weight excluding hydrogens is 346 g/mol. The Morgan fingerprint density at radius 2 is 2.00 bits per heavy atom. The van der Waals surface area contributed by atoms with Crippen molar-refractivity contribution in [1.82, 2.24) is 18.9 Å². The first-order valence-electron chi connectivity index (χ1n) is 8.26. The van der Waals surface area contributed by atoms with E-state index < -0.39 is 4.92 Å². The number of aryl methyl sites for hydroxylation is 1. The van der Waals surface area contributed by atoms with E-state index in [0.717, 1.165) is 5.56 Å². The highest BCUT2D eigenvalue weighted by Gasteiger charge is 2.12. The Hall–Kier alpha value is -3.81. The number of fused-ring (bicyclic) bond motifs is 1. The minimum absolute atomic E-state index is 0.000371. The van der Waals surface area contributed by atoms with E-state index in [2.05, 4.69) is 9.97 Å². The molecule has 0 aliphatic carbocycles. The lowest BCUT2D eigenvalue weighted by Crippen LogP contribution is -2.16. The summed E-state index contributed by atoms with van der Waals surface area (Å²) in [4.78, 5) is 31.8. The van der Waals surface area contributed by atoms with E-state index >= 15 is 0 Å². The monoisotopic (exact) mass is 361 g/mol. The minimum Gasteiger partial charge on any atom is -0.325 e. The Balaban J connectivity index is 1.74. The Bertz CT molecular complexity index is 1230. The number of nitro benzene ring substituents is 1. The quantitative estimate of drug-likeness (QED) is 0.411. The van der Waals surface area contributed by atoms with Crippen LogP contribution in [-0.2, 0) is 6.54 Å². The molecule has 0 N–H and O–H groups in total. The van der Waals surface area contributed by atoms with Gasteiger partial charge in [0, 0.05) is 42.4 Å². The average molecular weight is 361 g/mol. The van der Waals surface area contributed by atoms with Gasteiger partial charge in [-0.05, 0) is 24.6 Å². The lowest BCUT2D eigenvalue weighted by molar-refractivity contribution is -0.384. The van der Waals surface area contributed by atoms with Gasteiger partial charge >= 0.3 is 0 Å². The minimum atomic E-state index is -0.440. The predicted octanol–water partition coefficient (Wildman–Crippen LogP) is 2.82. The predicted molar refractivity (Wildman–Crippen MR) is 99.6 cm³/mol. The first-order chi connectivity index (χ1) is 13.0. The maximum absolute atomic E-state index is 12.3. The number of nitro groups is 1. The molecule has 0 aliphatic heterocycles. The summed E-state index contributed by atoms with van der Waals surface area (Å²) in [5.41, 5.74) is 2.65. The van der Waals surface area contributed by atoms with Crippen molar-refractivity contribution in [2.75, 3.05) is 0 Å². The average Bonchev–Trinajstić information content (AvgIpc) is 3.09. The molecule has 134 valence electrons. The molecule has 27 heavy (non-hydrogen) atoms. The molecular formula is C19H15N5O3. The third-order valence-electron chi connectivity index (χ3n) is 4.24. The summed E-state index contributed by atoms with van der Waals surface area (Å²) in [6.45, 7) is 2.27. The largest absolute Gasteiger partial charge is 0.325 e. The van der Waals surface area contributed by atoms with E-state index in [9.17, 15) is 14.9 Å². The molecule has 0 saturated carbocycles. The van der Waals surface area contributed by atoms with E-state index in [4.69, 9.17) is 0 Å². The van der Waals surface area contributed by atoms with Crippen molar-refractivity contribution in [3.05, 3.63) is 92.8 Å². The number of non-ortho nitro benzene ring substituents is 1. The van der Waals surface area contributed by atoms with Gasteiger partial charge < -0.3 is 4.57 Å². The molecule has 0 fully saturated rings. The molecule has 4 aromatic rings. The summed E-state index contributed by atoms with van der Waals surface area (Å²) in [5.74, 6) is 0.574. The Morgan fingerprint density at radius 3 is 2.81 bits per heavy atom. The number of imidazole rings is 1. The highest BCUT2D eigenvalue weighted by Crippen LogP contribution is 2.23. The van der Waals surface area contributed by atoms with Crippen molar-refractivity contribution < 1.29 is 4.92 Å². The summed E-state index contributed by atoms with van der Waals surface area (Å²) >= 11 is 0. The highest BCUT2D eigenvalue weighted by atomic mass is 16.6. The van der Waals surface area contributed by atoms with E-state index in [1.54, 1.807) is 30.7 Å².